The molecule has 1 amide bonds. The van der Waals surface area contributed by atoms with Crippen molar-refractivity contribution in [1.82, 2.24) is 5.32 Å². The zero-order valence-corrected chi connectivity index (χ0v) is 8.51. The predicted molar refractivity (Wildman–Crippen MR) is 48.7 cm³/mol. The molecule has 0 heterocycles. The van der Waals surface area contributed by atoms with E-state index in [0.717, 1.165) is 0 Å². The largest absolute Gasteiger partial charge is 0.381 e. The number of nitrogens with one attached hydrogen (secondary N) is 1. The third-order valence-electron chi connectivity index (χ3n) is 1.91. The molecule has 0 fully saturated rings. The molecule has 0 aromatic rings. The second kappa shape index (κ2) is 3.90. The van der Waals surface area contributed by atoms with Crippen LogP contribution in [-0.4, -0.2) is 22.7 Å². The second-order valence-corrected chi connectivity index (χ2v) is 4.07. The fourth-order valence-electron chi connectivity index (χ4n) is 0.550. The normalized spacial score (nSPS) is 14.6. The molecule has 0 aliphatic rings. The molecule has 0 saturated heterocycles. The number of carbonyl (C=O) groups excluding carboxylic acids is 1. The van der Waals surface area contributed by atoms with Gasteiger partial charge in [0, 0.05) is 6.04 Å². The van der Waals surface area contributed by atoms with Crippen molar-refractivity contribution in [2.24, 2.45) is 5.92 Å². The number of aliphatic hydroxyl groups is 1. The minimum absolute atomic E-state index is 0.101. The second-order valence-electron chi connectivity index (χ2n) is 4.07. The van der Waals surface area contributed by atoms with Crippen LogP contribution in [0.5, 0.6) is 0 Å². The maximum Gasteiger partial charge on any atom is 0.251 e. The van der Waals surface area contributed by atoms with Crippen LogP contribution < -0.4 is 5.32 Å². The molecule has 1 atom stereocenters. The van der Waals surface area contributed by atoms with Crippen LogP contribution in [0.15, 0.2) is 0 Å². The molecule has 0 radical (unpaired) electrons. The summed E-state index contributed by atoms with van der Waals surface area (Å²) >= 11 is 0. The fourth-order valence-corrected chi connectivity index (χ4v) is 0.550. The van der Waals surface area contributed by atoms with Crippen molar-refractivity contribution in [3.63, 3.8) is 0 Å². The Morgan fingerprint density at radius 2 is 1.75 bits per heavy atom. The molecule has 0 aliphatic heterocycles. The fraction of sp³-hybridized carbons (Fsp3) is 0.889. The molecule has 0 spiro atoms. The Hall–Kier alpha value is -0.570. The summed E-state index contributed by atoms with van der Waals surface area (Å²) in [5.41, 5.74) is -1.27. The summed E-state index contributed by atoms with van der Waals surface area (Å²) in [4.78, 5) is 11.2. The quantitative estimate of drug-likeness (QED) is 0.666. The molecular weight excluding hydrogens is 154 g/mol. The highest BCUT2D eigenvalue weighted by Gasteiger charge is 2.25. The van der Waals surface area contributed by atoms with E-state index in [-0.39, 0.29) is 11.9 Å². The minimum Gasteiger partial charge on any atom is -0.381 e. The Kier molecular flexibility index (Phi) is 3.71. The lowest BCUT2D eigenvalue weighted by Gasteiger charge is -2.23. The van der Waals surface area contributed by atoms with E-state index in [2.05, 4.69) is 5.32 Å². The standard InChI is InChI=1S/C9H19NO2/c1-6(2)7(3)10-8(11)9(4,5)12/h6-7,12H,1-5H3,(H,10,11). The molecule has 0 aromatic heterocycles. The van der Waals surface area contributed by atoms with Gasteiger partial charge in [-0.05, 0) is 26.7 Å². The molecule has 3 nitrogen and oxygen atoms in total. The Bertz CT molecular complexity index is 158. The van der Waals surface area contributed by atoms with E-state index in [1.165, 1.54) is 13.8 Å². The maximum absolute atomic E-state index is 11.2. The van der Waals surface area contributed by atoms with Crippen molar-refractivity contribution in [3.05, 3.63) is 0 Å². The molecule has 2 N–H and O–H groups in total. The number of hydrogen-bond acceptors (Lipinski definition) is 2. The van der Waals surface area contributed by atoms with Gasteiger partial charge in [-0.2, -0.15) is 0 Å². The Balaban J connectivity index is 4.02. The van der Waals surface area contributed by atoms with Gasteiger partial charge in [-0.1, -0.05) is 13.8 Å². The Morgan fingerprint density at radius 3 is 2.00 bits per heavy atom. The van der Waals surface area contributed by atoms with E-state index in [9.17, 15) is 9.90 Å². The van der Waals surface area contributed by atoms with Crippen molar-refractivity contribution in [3.8, 4) is 0 Å². The average Bonchev–Trinajstić information content (AvgIpc) is 1.85. The first-order valence-electron chi connectivity index (χ1n) is 4.28. The van der Waals surface area contributed by atoms with Crippen molar-refractivity contribution >= 4 is 5.91 Å². The van der Waals surface area contributed by atoms with E-state index >= 15 is 0 Å². The molecule has 3 heteroatoms. The maximum atomic E-state index is 11.2. The summed E-state index contributed by atoms with van der Waals surface area (Å²) in [6.07, 6.45) is 0. The highest BCUT2D eigenvalue weighted by atomic mass is 16.3. The number of amides is 1. The van der Waals surface area contributed by atoms with Crippen molar-refractivity contribution in [2.45, 2.75) is 46.3 Å². The van der Waals surface area contributed by atoms with Crippen LogP contribution in [0, 0.1) is 5.92 Å². The van der Waals surface area contributed by atoms with Crippen LogP contribution in [0.3, 0.4) is 0 Å². The van der Waals surface area contributed by atoms with Crippen LogP contribution in [-0.2, 0) is 4.79 Å². The van der Waals surface area contributed by atoms with Crippen LogP contribution in [0.1, 0.15) is 34.6 Å². The van der Waals surface area contributed by atoms with Crippen LogP contribution in [0.4, 0.5) is 0 Å². The number of rotatable bonds is 3. The molecular formula is C9H19NO2. The van der Waals surface area contributed by atoms with Crippen molar-refractivity contribution in [1.29, 1.82) is 0 Å². The zero-order chi connectivity index (χ0) is 9.94. The molecule has 72 valence electrons. The smallest absolute Gasteiger partial charge is 0.251 e. The summed E-state index contributed by atoms with van der Waals surface area (Å²) in [5, 5.41) is 12.0. The third kappa shape index (κ3) is 3.72. The zero-order valence-electron chi connectivity index (χ0n) is 8.51. The summed E-state index contributed by atoms with van der Waals surface area (Å²) in [6.45, 7) is 8.93. The lowest BCUT2D eigenvalue weighted by atomic mass is 10.0. The van der Waals surface area contributed by atoms with Gasteiger partial charge in [0.15, 0.2) is 0 Å². The van der Waals surface area contributed by atoms with Crippen molar-refractivity contribution < 1.29 is 9.90 Å². The predicted octanol–water partition coefficient (Wildman–Crippen LogP) is 0.918. The lowest BCUT2D eigenvalue weighted by molar-refractivity contribution is -0.137. The topological polar surface area (TPSA) is 49.3 Å². The third-order valence-corrected chi connectivity index (χ3v) is 1.91. The highest BCUT2D eigenvalue weighted by molar-refractivity contribution is 5.84. The van der Waals surface area contributed by atoms with Gasteiger partial charge in [-0.15, -0.1) is 0 Å². The average molecular weight is 173 g/mol. The first-order chi connectivity index (χ1) is 5.25. The number of hydrogen-bond donors (Lipinski definition) is 2. The number of carbonyl (C=O) groups is 1. The Morgan fingerprint density at radius 1 is 1.33 bits per heavy atom. The molecule has 0 rings (SSSR count). The molecule has 0 aliphatic carbocycles. The SMILES string of the molecule is CC(C)C(C)NC(=O)C(C)(C)O. The highest BCUT2D eigenvalue weighted by Crippen LogP contribution is 2.04. The van der Waals surface area contributed by atoms with E-state index in [0.29, 0.717) is 5.92 Å². The van der Waals surface area contributed by atoms with E-state index < -0.39 is 5.60 Å². The van der Waals surface area contributed by atoms with Gasteiger partial charge >= 0.3 is 0 Å². The lowest BCUT2D eigenvalue weighted by Crippen LogP contribution is -2.47. The van der Waals surface area contributed by atoms with Gasteiger partial charge in [0.2, 0.25) is 0 Å². The van der Waals surface area contributed by atoms with Gasteiger partial charge in [0.1, 0.15) is 5.60 Å². The van der Waals surface area contributed by atoms with Gasteiger partial charge in [-0.25, -0.2) is 0 Å². The summed E-state index contributed by atoms with van der Waals surface area (Å²) in [7, 11) is 0. The molecule has 12 heavy (non-hydrogen) atoms. The first kappa shape index (κ1) is 11.4. The van der Waals surface area contributed by atoms with E-state index in [4.69, 9.17) is 0 Å². The molecule has 0 aromatic carbocycles. The summed E-state index contributed by atoms with van der Waals surface area (Å²) in [5.74, 6) is 0.0694. The molecule has 0 saturated carbocycles. The van der Waals surface area contributed by atoms with Gasteiger partial charge < -0.3 is 10.4 Å². The van der Waals surface area contributed by atoms with E-state index in [1.54, 1.807) is 0 Å². The summed E-state index contributed by atoms with van der Waals surface area (Å²) in [6, 6.07) is 0.101. The molecule has 1 unspecified atom stereocenters. The Labute approximate surface area is 74.2 Å². The summed E-state index contributed by atoms with van der Waals surface area (Å²) < 4.78 is 0. The first-order valence-corrected chi connectivity index (χ1v) is 4.28. The molecule has 0 bridgehead atoms. The van der Waals surface area contributed by atoms with Crippen LogP contribution >= 0.6 is 0 Å². The van der Waals surface area contributed by atoms with Crippen LogP contribution in [0.25, 0.3) is 0 Å². The van der Waals surface area contributed by atoms with Gasteiger partial charge in [0.25, 0.3) is 5.91 Å². The van der Waals surface area contributed by atoms with Gasteiger partial charge in [-0.3, -0.25) is 4.79 Å². The van der Waals surface area contributed by atoms with Crippen LogP contribution in [0.2, 0.25) is 0 Å². The minimum atomic E-state index is -1.27. The van der Waals surface area contributed by atoms with Crippen molar-refractivity contribution in [2.75, 3.05) is 0 Å². The monoisotopic (exact) mass is 173 g/mol. The van der Waals surface area contributed by atoms with Gasteiger partial charge in [0.05, 0.1) is 0 Å². The van der Waals surface area contributed by atoms with E-state index in [1.807, 2.05) is 20.8 Å².